The van der Waals surface area contributed by atoms with Crippen LogP contribution in [0.15, 0.2) is 28.7 Å². The molecule has 1 saturated carbocycles. The maximum absolute atomic E-state index is 6.20. The smallest absolute Gasteiger partial charge is 0.137 e. The van der Waals surface area contributed by atoms with Gasteiger partial charge in [0.25, 0.3) is 0 Å². The van der Waals surface area contributed by atoms with E-state index in [0.29, 0.717) is 0 Å². The summed E-state index contributed by atoms with van der Waals surface area (Å²) < 4.78 is 12.4. The third-order valence-corrected chi connectivity index (χ3v) is 4.74. The molecule has 1 N–H and O–H groups in total. The third-order valence-electron chi connectivity index (χ3n) is 4.74. The number of likely N-dealkylation sites (N-methyl/N-ethyl adjacent to an activating group) is 1. The zero-order valence-electron chi connectivity index (χ0n) is 13.2. The van der Waals surface area contributed by atoms with E-state index in [9.17, 15) is 0 Å². The molecule has 0 saturated heterocycles. The van der Waals surface area contributed by atoms with Crippen LogP contribution in [-0.2, 0) is 4.74 Å². The number of para-hydroxylation sites is 1. The van der Waals surface area contributed by atoms with Gasteiger partial charge in [0.05, 0.1) is 11.6 Å². The van der Waals surface area contributed by atoms with Gasteiger partial charge in [-0.05, 0) is 45.4 Å². The zero-order valence-corrected chi connectivity index (χ0v) is 13.2. The number of ether oxygens (including phenoxy) is 1. The Bertz CT molecular complexity index is 611. The van der Waals surface area contributed by atoms with Gasteiger partial charge >= 0.3 is 0 Å². The lowest BCUT2D eigenvalue weighted by atomic mass is 9.90. The third kappa shape index (κ3) is 2.49. The molecular weight excluding hydrogens is 262 g/mol. The number of hydrogen-bond donors (Lipinski definition) is 1. The highest BCUT2D eigenvalue weighted by Crippen LogP contribution is 2.44. The van der Waals surface area contributed by atoms with E-state index in [4.69, 9.17) is 9.15 Å². The molecule has 1 aliphatic rings. The summed E-state index contributed by atoms with van der Waals surface area (Å²) in [5, 5.41) is 4.62. The van der Waals surface area contributed by atoms with Gasteiger partial charge in [-0.3, -0.25) is 0 Å². The van der Waals surface area contributed by atoms with Gasteiger partial charge in [-0.1, -0.05) is 31.0 Å². The Morgan fingerprint density at radius 1 is 1.33 bits per heavy atom. The lowest BCUT2D eigenvalue weighted by molar-refractivity contribution is -0.0651. The second-order valence-corrected chi connectivity index (χ2v) is 6.07. The van der Waals surface area contributed by atoms with Crippen molar-refractivity contribution < 1.29 is 9.15 Å². The molecule has 1 fully saturated rings. The van der Waals surface area contributed by atoms with Gasteiger partial charge < -0.3 is 14.5 Å². The van der Waals surface area contributed by atoms with Crippen LogP contribution in [-0.4, -0.2) is 19.3 Å². The van der Waals surface area contributed by atoms with Crippen LogP contribution in [0.5, 0.6) is 0 Å². The van der Waals surface area contributed by atoms with Crippen molar-refractivity contribution in [3.05, 3.63) is 35.6 Å². The van der Waals surface area contributed by atoms with Crippen LogP contribution >= 0.6 is 0 Å². The summed E-state index contributed by atoms with van der Waals surface area (Å²) in [7, 11) is 2.00. The molecule has 2 aromatic rings. The Labute approximate surface area is 126 Å². The topological polar surface area (TPSA) is 34.4 Å². The van der Waals surface area contributed by atoms with Gasteiger partial charge in [0.2, 0.25) is 0 Å². The largest absolute Gasteiger partial charge is 0.459 e. The van der Waals surface area contributed by atoms with Crippen LogP contribution in [0, 0.1) is 6.92 Å². The summed E-state index contributed by atoms with van der Waals surface area (Å²) in [5.41, 5.74) is 2.06. The van der Waals surface area contributed by atoms with Crippen molar-refractivity contribution in [1.82, 2.24) is 5.32 Å². The molecule has 1 unspecified atom stereocenters. The maximum atomic E-state index is 6.20. The molecule has 1 heterocycles. The summed E-state index contributed by atoms with van der Waals surface area (Å²) in [5.74, 6) is 0.997. The van der Waals surface area contributed by atoms with E-state index < -0.39 is 0 Å². The summed E-state index contributed by atoms with van der Waals surface area (Å²) in [6.45, 7) is 4.92. The minimum Gasteiger partial charge on any atom is -0.459 e. The fraction of sp³-hybridized carbons (Fsp3) is 0.556. The van der Waals surface area contributed by atoms with Crippen molar-refractivity contribution in [2.24, 2.45) is 0 Å². The molecular formula is C18H25NO2. The SMILES string of the molecule is CCOC1(C(NC)c2cc3cccc(C)c3o2)CCCC1. The highest BCUT2D eigenvalue weighted by Gasteiger charge is 2.43. The van der Waals surface area contributed by atoms with E-state index in [1.165, 1.54) is 23.8 Å². The van der Waals surface area contributed by atoms with E-state index in [-0.39, 0.29) is 11.6 Å². The van der Waals surface area contributed by atoms with E-state index in [0.717, 1.165) is 30.8 Å². The van der Waals surface area contributed by atoms with Crippen molar-refractivity contribution in [1.29, 1.82) is 0 Å². The molecule has 1 aromatic heterocycles. The normalized spacial score (nSPS) is 19.2. The van der Waals surface area contributed by atoms with Crippen LogP contribution in [0.4, 0.5) is 0 Å². The standard InChI is InChI=1S/C18H25NO2/c1-4-20-18(10-5-6-11-18)17(19-3)15-12-14-9-7-8-13(2)16(14)21-15/h7-9,12,17,19H,4-6,10-11H2,1-3H3. The van der Waals surface area contributed by atoms with Crippen molar-refractivity contribution in [3.8, 4) is 0 Å². The molecule has 114 valence electrons. The Morgan fingerprint density at radius 2 is 2.10 bits per heavy atom. The van der Waals surface area contributed by atoms with Crippen molar-refractivity contribution >= 4 is 11.0 Å². The van der Waals surface area contributed by atoms with Crippen LogP contribution in [0.1, 0.15) is 50.0 Å². The Morgan fingerprint density at radius 3 is 2.71 bits per heavy atom. The summed E-state index contributed by atoms with van der Waals surface area (Å²) in [6, 6.07) is 8.58. The Balaban J connectivity index is 2.02. The van der Waals surface area contributed by atoms with Gasteiger partial charge in [-0.15, -0.1) is 0 Å². The number of nitrogens with one attached hydrogen (secondary N) is 1. The summed E-state index contributed by atoms with van der Waals surface area (Å²) in [6.07, 6.45) is 4.67. The Hall–Kier alpha value is -1.32. The first kappa shape index (κ1) is 14.6. The first-order valence-corrected chi connectivity index (χ1v) is 8.00. The number of hydrogen-bond acceptors (Lipinski definition) is 3. The highest BCUT2D eigenvalue weighted by atomic mass is 16.5. The second kappa shape index (κ2) is 5.82. The Kier molecular flexibility index (Phi) is 4.05. The minimum absolute atomic E-state index is 0.117. The summed E-state index contributed by atoms with van der Waals surface area (Å²) in [4.78, 5) is 0. The monoisotopic (exact) mass is 287 g/mol. The van der Waals surface area contributed by atoms with Crippen molar-refractivity contribution in [3.63, 3.8) is 0 Å². The number of fused-ring (bicyclic) bond motifs is 1. The van der Waals surface area contributed by atoms with Gasteiger partial charge in [0, 0.05) is 12.0 Å². The van der Waals surface area contributed by atoms with Crippen LogP contribution in [0.25, 0.3) is 11.0 Å². The molecule has 3 heteroatoms. The molecule has 0 bridgehead atoms. The average molecular weight is 287 g/mol. The molecule has 3 rings (SSSR count). The van der Waals surface area contributed by atoms with E-state index in [1.807, 2.05) is 7.05 Å². The molecule has 0 amide bonds. The van der Waals surface area contributed by atoms with E-state index in [1.54, 1.807) is 0 Å². The van der Waals surface area contributed by atoms with Crippen LogP contribution < -0.4 is 5.32 Å². The molecule has 1 atom stereocenters. The molecule has 1 aromatic carbocycles. The zero-order chi connectivity index (χ0) is 14.9. The van der Waals surface area contributed by atoms with Gasteiger partial charge in [0.15, 0.2) is 0 Å². The molecule has 0 radical (unpaired) electrons. The fourth-order valence-corrected chi connectivity index (χ4v) is 3.81. The second-order valence-electron chi connectivity index (χ2n) is 6.07. The van der Waals surface area contributed by atoms with Crippen LogP contribution in [0.2, 0.25) is 0 Å². The minimum atomic E-state index is -0.120. The number of aryl methyl sites for hydroxylation is 1. The lowest BCUT2D eigenvalue weighted by Gasteiger charge is -2.36. The highest BCUT2D eigenvalue weighted by molar-refractivity contribution is 5.81. The number of benzene rings is 1. The summed E-state index contributed by atoms with van der Waals surface area (Å²) >= 11 is 0. The molecule has 1 aliphatic carbocycles. The lowest BCUT2D eigenvalue weighted by Crippen LogP contribution is -2.42. The molecule has 0 spiro atoms. The molecule has 0 aliphatic heterocycles. The van der Waals surface area contributed by atoms with E-state index in [2.05, 4.69) is 43.4 Å². The van der Waals surface area contributed by atoms with Crippen molar-refractivity contribution in [2.45, 2.75) is 51.2 Å². The number of rotatable bonds is 5. The first-order chi connectivity index (χ1) is 10.2. The van der Waals surface area contributed by atoms with Gasteiger partial charge in [-0.25, -0.2) is 0 Å². The molecule has 3 nitrogen and oxygen atoms in total. The quantitative estimate of drug-likeness (QED) is 0.887. The fourth-order valence-electron chi connectivity index (χ4n) is 3.81. The number of furan rings is 1. The van der Waals surface area contributed by atoms with Crippen molar-refractivity contribution in [2.75, 3.05) is 13.7 Å². The maximum Gasteiger partial charge on any atom is 0.137 e. The predicted molar refractivity (Wildman–Crippen MR) is 85.6 cm³/mol. The van der Waals surface area contributed by atoms with E-state index >= 15 is 0 Å². The average Bonchev–Trinajstić information content (AvgIpc) is 3.09. The molecule has 21 heavy (non-hydrogen) atoms. The first-order valence-electron chi connectivity index (χ1n) is 8.00. The van der Waals surface area contributed by atoms with Gasteiger partial charge in [0.1, 0.15) is 11.3 Å². The van der Waals surface area contributed by atoms with Crippen LogP contribution in [0.3, 0.4) is 0 Å². The predicted octanol–water partition coefficient (Wildman–Crippen LogP) is 4.35. The van der Waals surface area contributed by atoms with Gasteiger partial charge in [-0.2, -0.15) is 0 Å².